The monoisotopic (exact) mass is 266 g/mol. The topological polar surface area (TPSA) is 25.8 Å². The fourth-order valence-electron chi connectivity index (χ4n) is 1.59. The molecule has 80 valence electrons. The van der Waals surface area contributed by atoms with Crippen molar-refractivity contribution in [2.45, 2.75) is 4.34 Å². The molecule has 0 saturated carbocycles. The lowest BCUT2D eigenvalue weighted by atomic mass is 10.2. The summed E-state index contributed by atoms with van der Waals surface area (Å²) in [6.07, 6.45) is 2.01. The molecule has 3 rings (SSSR count). The number of nitrogens with zero attached hydrogens (tertiary/aromatic N) is 2. The average Bonchev–Trinajstić information content (AvgIpc) is 2.73. The second kappa shape index (κ2) is 3.87. The lowest BCUT2D eigenvalue weighted by molar-refractivity contribution is 1.31. The Kier molecular flexibility index (Phi) is 2.50. The van der Waals surface area contributed by atoms with Gasteiger partial charge in [-0.25, -0.2) is 9.97 Å². The first-order valence-corrected chi connectivity index (χ1v) is 7.10. The number of rotatable bonds is 1. The predicted molar refractivity (Wildman–Crippen MR) is 71.7 cm³/mol. The Morgan fingerprint density at radius 1 is 1.25 bits per heavy atom. The summed E-state index contributed by atoms with van der Waals surface area (Å²) in [6, 6.07) is 7.87. The molecular formula is C11H7ClN2S2. The SMILES string of the molecule is CSc1nc2c(Cl)c3ccccc3nc2s1. The number of hydrogen-bond donors (Lipinski definition) is 0. The van der Waals surface area contributed by atoms with Gasteiger partial charge in [0.1, 0.15) is 10.3 Å². The summed E-state index contributed by atoms with van der Waals surface area (Å²) in [5.41, 5.74) is 1.74. The second-order valence-electron chi connectivity index (χ2n) is 3.28. The smallest absolute Gasteiger partial charge is 0.152 e. The highest BCUT2D eigenvalue weighted by atomic mass is 35.5. The molecule has 1 aromatic carbocycles. The van der Waals surface area contributed by atoms with Crippen LogP contribution in [0.1, 0.15) is 0 Å². The average molecular weight is 267 g/mol. The van der Waals surface area contributed by atoms with Gasteiger partial charge in [-0.15, -0.1) is 0 Å². The largest absolute Gasteiger partial charge is 0.235 e. The number of hydrogen-bond acceptors (Lipinski definition) is 4. The van der Waals surface area contributed by atoms with E-state index in [0.717, 1.165) is 25.6 Å². The first-order chi connectivity index (χ1) is 7.79. The van der Waals surface area contributed by atoms with Gasteiger partial charge in [-0.05, 0) is 12.3 Å². The summed E-state index contributed by atoms with van der Waals surface area (Å²) in [5.74, 6) is 0. The molecule has 0 fully saturated rings. The van der Waals surface area contributed by atoms with Gasteiger partial charge in [-0.3, -0.25) is 0 Å². The van der Waals surface area contributed by atoms with Crippen molar-refractivity contribution in [3.05, 3.63) is 29.3 Å². The summed E-state index contributed by atoms with van der Waals surface area (Å²) in [7, 11) is 0. The van der Waals surface area contributed by atoms with E-state index in [0.29, 0.717) is 5.02 Å². The first-order valence-electron chi connectivity index (χ1n) is 4.68. The van der Waals surface area contributed by atoms with Crippen molar-refractivity contribution < 1.29 is 0 Å². The Morgan fingerprint density at radius 3 is 2.88 bits per heavy atom. The van der Waals surface area contributed by atoms with Gasteiger partial charge >= 0.3 is 0 Å². The molecule has 0 aliphatic heterocycles. The molecule has 2 nitrogen and oxygen atoms in total. The van der Waals surface area contributed by atoms with Crippen molar-refractivity contribution in [1.82, 2.24) is 9.97 Å². The number of halogens is 1. The number of aromatic nitrogens is 2. The van der Waals surface area contributed by atoms with Crippen molar-refractivity contribution in [1.29, 1.82) is 0 Å². The van der Waals surface area contributed by atoms with Crippen molar-refractivity contribution in [3.8, 4) is 0 Å². The van der Waals surface area contributed by atoms with Crippen molar-refractivity contribution in [2.24, 2.45) is 0 Å². The molecule has 0 unspecified atom stereocenters. The molecule has 0 radical (unpaired) electrons. The van der Waals surface area contributed by atoms with Gasteiger partial charge in [0.25, 0.3) is 0 Å². The highest BCUT2D eigenvalue weighted by molar-refractivity contribution is 8.00. The highest BCUT2D eigenvalue weighted by Gasteiger charge is 2.11. The van der Waals surface area contributed by atoms with Crippen LogP contribution in [0.5, 0.6) is 0 Å². The Balaban J connectivity index is 2.48. The van der Waals surface area contributed by atoms with Crippen molar-refractivity contribution in [2.75, 3.05) is 6.26 Å². The van der Waals surface area contributed by atoms with Gasteiger partial charge in [0.2, 0.25) is 0 Å². The van der Waals surface area contributed by atoms with E-state index in [-0.39, 0.29) is 0 Å². The van der Waals surface area contributed by atoms with Crippen LogP contribution in [0.15, 0.2) is 28.6 Å². The normalized spacial score (nSPS) is 11.4. The van der Waals surface area contributed by atoms with Crippen LogP contribution < -0.4 is 0 Å². The summed E-state index contributed by atoms with van der Waals surface area (Å²) in [6.45, 7) is 0. The van der Waals surface area contributed by atoms with Crippen LogP contribution in [0.4, 0.5) is 0 Å². The fraction of sp³-hybridized carbons (Fsp3) is 0.0909. The predicted octanol–water partition coefficient (Wildman–Crippen LogP) is 4.22. The van der Waals surface area contributed by atoms with Crippen molar-refractivity contribution in [3.63, 3.8) is 0 Å². The third kappa shape index (κ3) is 1.49. The van der Waals surface area contributed by atoms with Crippen molar-refractivity contribution >= 4 is 55.9 Å². The summed E-state index contributed by atoms with van der Waals surface area (Å²) < 4.78 is 1.000. The van der Waals surface area contributed by atoms with Gasteiger partial charge in [0.15, 0.2) is 4.34 Å². The molecule has 0 aliphatic rings. The zero-order chi connectivity index (χ0) is 11.1. The van der Waals surface area contributed by atoms with E-state index in [4.69, 9.17) is 11.6 Å². The van der Waals surface area contributed by atoms with Crippen LogP contribution >= 0.6 is 34.7 Å². The third-order valence-corrected chi connectivity index (χ3v) is 4.65. The molecule has 0 bridgehead atoms. The van der Waals surface area contributed by atoms with E-state index in [1.54, 1.807) is 23.1 Å². The minimum absolute atomic E-state index is 0.706. The minimum Gasteiger partial charge on any atom is -0.235 e. The van der Waals surface area contributed by atoms with Gasteiger partial charge in [0.05, 0.1) is 10.5 Å². The van der Waals surface area contributed by atoms with Crippen LogP contribution in [-0.4, -0.2) is 16.2 Å². The van der Waals surface area contributed by atoms with Crippen LogP contribution in [0, 0.1) is 0 Å². The molecule has 5 heteroatoms. The number of thiazole rings is 1. The van der Waals surface area contributed by atoms with E-state index < -0.39 is 0 Å². The van der Waals surface area contributed by atoms with Crippen LogP contribution in [0.25, 0.3) is 21.3 Å². The number of fused-ring (bicyclic) bond motifs is 2. The zero-order valence-electron chi connectivity index (χ0n) is 8.40. The second-order valence-corrected chi connectivity index (χ2v) is 5.69. The van der Waals surface area contributed by atoms with Gasteiger partial charge < -0.3 is 0 Å². The summed E-state index contributed by atoms with van der Waals surface area (Å²) >= 11 is 9.54. The van der Waals surface area contributed by atoms with Crippen LogP contribution in [-0.2, 0) is 0 Å². The van der Waals surface area contributed by atoms with Gasteiger partial charge in [-0.2, -0.15) is 0 Å². The van der Waals surface area contributed by atoms with E-state index >= 15 is 0 Å². The van der Waals surface area contributed by atoms with E-state index in [1.165, 1.54) is 0 Å². The number of benzene rings is 1. The molecule has 2 aromatic heterocycles. The lowest BCUT2D eigenvalue weighted by Crippen LogP contribution is -1.81. The van der Waals surface area contributed by atoms with E-state index in [2.05, 4.69) is 9.97 Å². The maximum absolute atomic E-state index is 6.34. The van der Waals surface area contributed by atoms with Gasteiger partial charge in [-0.1, -0.05) is 52.9 Å². The van der Waals surface area contributed by atoms with E-state index in [9.17, 15) is 0 Å². The number of thioether (sulfide) groups is 1. The molecule has 3 aromatic rings. The Bertz CT molecular complexity index is 678. The molecule has 0 N–H and O–H groups in total. The Hall–Kier alpha value is -0.840. The summed E-state index contributed by atoms with van der Waals surface area (Å²) in [5, 5.41) is 1.67. The molecule has 0 amide bonds. The number of pyridine rings is 1. The fourth-order valence-corrected chi connectivity index (χ4v) is 3.38. The Morgan fingerprint density at radius 2 is 2.06 bits per heavy atom. The minimum atomic E-state index is 0.706. The molecule has 0 aliphatic carbocycles. The maximum Gasteiger partial charge on any atom is 0.152 e. The molecule has 0 saturated heterocycles. The quantitative estimate of drug-likeness (QED) is 0.617. The van der Waals surface area contributed by atoms with Crippen LogP contribution in [0.2, 0.25) is 5.02 Å². The molecule has 16 heavy (non-hydrogen) atoms. The molecule has 0 spiro atoms. The summed E-state index contributed by atoms with van der Waals surface area (Å²) in [4.78, 5) is 9.94. The maximum atomic E-state index is 6.34. The Labute approximate surface area is 106 Å². The molecule has 0 atom stereocenters. The highest BCUT2D eigenvalue weighted by Crippen LogP contribution is 2.35. The van der Waals surface area contributed by atoms with Crippen LogP contribution in [0.3, 0.4) is 0 Å². The van der Waals surface area contributed by atoms with Gasteiger partial charge in [0, 0.05) is 5.39 Å². The molecular weight excluding hydrogens is 260 g/mol. The number of para-hydroxylation sites is 1. The first kappa shape index (κ1) is 10.3. The standard InChI is InChI=1S/C11H7ClN2S2/c1-15-11-14-9-8(12)6-4-2-3-5-7(6)13-10(9)16-11/h2-5H,1H3. The third-order valence-electron chi connectivity index (χ3n) is 2.33. The molecule has 2 heterocycles. The zero-order valence-corrected chi connectivity index (χ0v) is 10.8. The lowest BCUT2D eigenvalue weighted by Gasteiger charge is -1.99. The van der Waals surface area contributed by atoms with E-state index in [1.807, 2.05) is 30.5 Å².